The second-order valence-electron chi connectivity index (χ2n) is 8.59. The van der Waals surface area contributed by atoms with Gasteiger partial charge in [-0.1, -0.05) is 35.9 Å². The van der Waals surface area contributed by atoms with Crippen LogP contribution in [0.25, 0.3) is 0 Å². The Labute approximate surface area is 184 Å². The van der Waals surface area contributed by atoms with Gasteiger partial charge in [0.25, 0.3) is 5.91 Å². The standard InChI is InChI=1S/C25H31N3O3/c1-18-8-10-19(11-9-18)25(30)28-13-12-23(29)27(14-15-31-3)17-20-16-26(2)22-7-5-4-6-21(22)24(20)28/h4-11,20,24H,12-17H2,1-3H3/t20-,24-/m1/s1. The number of carbonyl (C=O) groups is 2. The van der Waals surface area contributed by atoms with Crippen molar-refractivity contribution in [1.82, 2.24) is 9.80 Å². The van der Waals surface area contributed by atoms with Crippen LogP contribution in [0, 0.1) is 12.8 Å². The van der Waals surface area contributed by atoms with E-state index >= 15 is 0 Å². The third-order valence-electron chi connectivity index (χ3n) is 6.46. The highest BCUT2D eigenvalue weighted by atomic mass is 16.5. The highest BCUT2D eigenvalue weighted by Gasteiger charge is 2.41. The zero-order valence-electron chi connectivity index (χ0n) is 18.6. The molecule has 1 saturated heterocycles. The first kappa shape index (κ1) is 21.4. The molecule has 2 aliphatic rings. The van der Waals surface area contributed by atoms with E-state index in [1.54, 1.807) is 7.11 Å². The van der Waals surface area contributed by atoms with Crippen LogP contribution in [0.3, 0.4) is 0 Å². The molecule has 1 fully saturated rings. The fraction of sp³-hybridized carbons (Fsp3) is 0.440. The number of hydrogen-bond donors (Lipinski definition) is 0. The number of methoxy groups -OCH3 is 1. The van der Waals surface area contributed by atoms with Gasteiger partial charge in [0.2, 0.25) is 5.91 Å². The molecule has 2 amide bonds. The Hall–Kier alpha value is -2.86. The third kappa shape index (κ3) is 4.30. The smallest absolute Gasteiger partial charge is 0.254 e. The topological polar surface area (TPSA) is 53.1 Å². The largest absolute Gasteiger partial charge is 0.383 e. The molecule has 2 aliphatic heterocycles. The summed E-state index contributed by atoms with van der Waals surface area (Å²) in [6.45, 7) is 4.92. The van der Waals surface area contributed by atoms with Gasteiger partial charge < -0.3 is 19.4 Å². The number of hydrogen-bond acceptors (Lipinski definition) is 4. The van der Waals surface area contributed by atoms with Gasteiger partial charge in [-0.2, -0.15) is 0 Å². The number of benzene rings is 2. The Morgan fingerprint density at radius 2 is 1.84 bits per heavy atom. The van der Waals surface area contributed by atoms with Gasteiger partial charge in [-0.15, -0.1) is 0 Å². The second kappa shape index (κ2) is 9.10. The van der Waals surface area contributed by atoms with Crippen LogP contribution in [0.15, 0.2) is 48.5 Å². The average molecular weight is 422 g/mol. The van der Waals surface area contributed by atoms with Gasteiger partial charge in [0, 0.05) is 63.9 Å². The highest BCUT2D eigenvalue weighted by Crippen LogP contribution is 2.42. The summed E-state index contributed by atoms with van der Waals surface area (Å²) >= 11 is 0. The molecule has 0 saturated carbocycles. The lowest BCUT2D eigenvalue weighted by Crippen LogP contribution is -2.53. The van der Waals surface area contributed by atoms with Gasteiger partial charge in [0.05, 0.1) is 12.6 Å². The molecular weight excluding hydrogens is 390 g/mol. The van der Waals surface area contributed by atoms with Crippen molar-refractivity contribution in [2.24, 2.45) is 5.92 Å². The summed E-state index contributed by atoms with van der Waals surface area (Å²) < 4.78 is 5.24. The van der Waals surface area contributed by atoms with Gasteiger partial charge in [0.15, 0.2) is 0 Å². The molecule has 164 valence electrons. The Morgan fingerprint density at radius 3 is 2.58 bits per heavy atom. The first-order valence-electron chi connectivity index (χ1n) is 10.9. The molecule has 6 heteroatoms. The fourth-order valence-corrected chi connectivity index (χ4v) is 4.87. The molecular formula is C25H31N3O3. The summed E-state index contributed by atoms with van der Waals surface area (Å²) in [5.41, 5.74) is 4.10. The number of ether oxygens (including phenoxy) is 1. The summed E-state index contributed by atoms with van der Waals surface area (Å²) in [5, 5.41) is 0. The predicted octanol–water partition coefficient (Wildman–Crippen LogP) is 3.12. The number of anilines is 1. The minimum Gasteiger partial charge on any atom is -0.383 e. The molecule has 0 N–H and O–H groups in total. The van der Waals surface area contributed by atoms with Crippen LogP contribution in [0.2, 0.25) is 0 Å². The van der Waals surface area contributed by atoms with E-state index in [0.717, 1.165) is 23.4 Å². The number of amides is 2. The molecule has 0 aliphatic carbocycles. The fourth-order valence-electron chi connectivity index (χ4n) is 4.87. The third-order valence-corrected chi connectivity index (χ3v) is 6.46. The summed E-state index contributed by atoms with van der Waals surface area (Å²) in [4.78, 5) is 32.7. The zero-order valence-corrected chi connectivity index (χ0v) is 18.6. The number of aryl methyl sites for hydroxylation is 1. The van der Waals surface area contributed by atoms with Gasteiger partial charge in [-0.05, 0) is 30.7 Å². The highest BCUT2D eigenvalue weighted by molar-refractivity contribution is 5.95. The molecule has 4 rings (SSSR count). The zero-order chi connectivity index (χ0) is 22.0. The SMILES string of the molecule is COCCN1C[C@H]2CN(C)c3ccccc3[C@@H]2N(C(=O)c2ccc(C)cc2)CCC1=O. The molecule has 0 spiro atoms. The van der Waals surface area contributed by atoms with E-state index in [4.69, 9.17) is 4.74 Å². The molecule has 2 aromatic carbocycles. The van der Waals surface area contributed by atoms with E-state index in [1.807, 2.05) is 53.1 Å². The van der Waals surface area contributed by atoms with Crippen molar-refractivity contribution in [2.45, 2.75) is 19.4 Å². The number of para-hydroxylation sites is 1. The maximum Gasteiger partial charge on any atom is 0.254 e. The van der Waals surface area contributed by atoms with Crippen molar-refractivity contribution < 1.29 is 14.3 Å². The van der Waals surface area contributed by atoms with Crippen LogP contribution in [0.4, 0.5) is 5.69 Å². The van der Waals surface area contributed by atoms with Crippen LogP contribution in [-0.2, 0) is 9.53 Å². The maximum absolute atomic E-state index is 13.6. The lowest BCUT2D eigenvalue weighted by atomic mass is 9.84. The molecule has 31 heavy (non-hydrogen) atoms. The van der Waals surface area contributed by atoms with E-state index in [-0.39, 0.29) is 23.8 Å². The second-order valence-corrected chi connectivity index (χ2v) is 8.59. The van der Waals surface area contributed by atoms with Crippen molar-refractivity contribution in [3.8, 4) is 0 Å². The number of fused-ring (bicyclic) bond motifs is 3. The van der Waals surface area contributed by atoms with Gasteiger partial charge in [0.1, 0.15) is 0 Å². The monoisotopic (exact) mass is 421 g/mol. The van der Waals surface area contributed by atoms with Crippen molar-refractivity contribution in [3.63, 3.8) is 0 Å². The van der Waals surface area contributed by atoms with E-state index in [9.17, 15) is 9.59 Å². The number of rotatable bonds is 4. The lowest BCUT2D eigenvalue weighted by molar-refractivity contribution is -0.134. The molecule has 6 nitrogen and oxygen atoms in total. The Bertz CT molecular complexity index is 943. The Balaban J connectivity index is 1.74. The average Bonchev–Trinajstić information content (AvgIpc) is 2.77. The van der Waals surface area contributed by atoms with Gasteiger partial charge in [-0.25, -0.2) is 0 Å². The molecule has 0 radical (unpaired) electrons. The van der Waals surface area contributed by atoms with E-state index in [0.29, 0.717) is 38.2 Å². The van der Waals surface area contributed by atoms with Crippen LogP contribution in [0.5, 0.6) is 0 Å². The molecule has 0 aromatic heterocycles. The molecule has 0 unspecified atom stereocenters. The number of carbonyl (C=O) groups excluding carboxylic acids is 2. The minimum atomic E-state index is -0.0700. The first-order chi connectivity index (χ1) is 15.0. The molecule has 2 aromatic rings. The molecule has 2 heterocycles. The summed E-state index contributed by atoms with van der Waals surface area (Å²) in [6, 6.07) is 16.0. The van der Waals surface area contributed by atoms with Crippen LogP contribution in [0.1, 0.15) is 33.9 Å². The first-order valence-corrected chi connectivity index (χ1v) is 10.9. The molecule has 2 atom stereocenters. The van der Waals surface area contributed by atoms with Crippen molar-refractivity contribution in [2.75, 3.05) is 51.8 Å². The van der Waals surface area contributed by atoms with Crippen molar-refractivity contribution >= 4 is 17.5 Å². The quantitative estimate of drug-likeness (QED) is 0.761. The molecule has 0 bridgehead atoms. The summed E-state index contributed by atoms with van der Waals surface area (Å²) in [6.07, 6.45) is 0.322. The van der Waals surface area contributed by atoms with E-state index in [1.165, 1.54) is 0 Å². The maximum atomic E-state index is 13.6. The predicted molar refractivity (Wildman–Crippen MR) is 121 cm³/mol. The van der Waals surface area contributed by atoms with Crippen molar-refractivity contribution in [1.29, 1.82) is 0 Å². The summed E-state index contributed by atoms with van der Waals surface area (Å²) in [5.74, 6) is 0.196. The lowest BCUT2D eigenvalue weighted by Gasteiger charge is -2.47. The van der Waals surface area contributed by atoms with Crippen LogP contribution >= 0.6 is 0 Å². The summed E-state index contributed by atoms with van der Waals surface area (Å²) in [7, 11) is 3.74. The normalized spacial score (nSPS) is 21.3. The minimum absolute atomic E-state index is 0.00695. The van der Waals surface area contributed by atoms with Crippen molar-refractivity contribution in [3.05, 3.63) is 65.2 Å². The van der Waals surface area contributed by atoms with Gasteiger partial charge >= 0.3 is 0 Å². The van der Waals surface area contributed by atoms with E-state index < -0.39 is 0 Å². The Morgan fingerprint density at radius 1 is 1.10 bits per heavy atom. The number of nitrogens with zero attached hydrogens (tertiary/aromatic N) is 3. The van der Waals surface area contributed by atoms with Crippen LogP contribution in [-0.4, -0.2) is 68.6 Å². The Kier molecular flexibility index (Phi) is 6.28. The van der Waals surface area contributed by atoms with Crippen LogP contribution < -0.4 is 4.90 Å². The van der Waals surface area contributed by atoms with E-state index in [2.05, 4.69) is 24.1 Å². The van der Waals surface area contributed by atoms with Gasteiger partial charge in [-0.3, -0.25) is 9.59 Å².